The van der Waals surface area contributed by atoms with Crippen molar-refractivity contribution in [3.63, 3.8) is 0 Å². The summed E-state index contributed by atoms with van der Waals surface area (Å²) in [6.45, 7) is 3.58. The molecule has 1 aliphatic heterocycles. The van der Waals surface area contributed by atoms with E-state index in [1.165, 1.54) is 0 Å². The SMILES string of the molecule is C/C(N)=C1\Cc2c(-c3noc(C)n3)ncn2-c2ccccc2N1N. The number of aromatic nitrogens is 4. The van der Waals surface area contributed by atoms with Gasteiger partial charge in [0.25, 0.3) is 0 Å². The number of hydrazine groups is 1. The molecule has 3 aromatic rings. The van der Waals surface area contributed by atoms with Gasteiger partial charge < -0.3 is 10.3 Å². The van der Waals surface area contributed by atoms with Gasteiger partial charge in [-0.1, -0.05) is 17.3 Å². The summed E-state index contributed by atoms with van der Waals surface area (Å²) < 4.78 is 7.09. The van der Waals surface area contributed by atoms with Crippen molar-refractivity contribution in [3.05, 3.63) is 53.6 Å². The zero-order valence-corrected chi connectivity index (χ0v) is 13.4. The minimum absolute atomic E-state index is 0.457. The molecule has 3 heterocycles. The van der Waals surface area contributed by atoms with Crippen LogP contribution in [0, 0.1) is 6.92 Å². The van der Waals surface area contributed by atoms with Crippen molar-refractivity contribution in [1.29, 1.82) is 0 Å². The van der Waals surface area contributed by atoms with Crippen molar-refractivity contribution >= 4 is 5.69 Å². The first-order valence-corrected chi connectivity index (χ1v) is 7.52. The molecule has 122 valence electrons. The Morgan fingerprint density at radius 2 is 2.00 bits per heavy atom. The highest BCUT2D eigenvalue weighted by Gasteiger charge is 2.27. The fraction of sp³-hybridized carbons (Fsp3) is 0.188. The van der Waals surface area contributed by atoms with Gasteiger partial charge in [0.2, 0.25) is 11.7 Å². The van der Waals surface area contributed by atoms with Gasteiger partial charge in [-0.2, -0.15) is 4.98 Å². The summed E-state index contributed by atoms with van der Waals surface area (Å²) in [6, 6.07) is 7.83. The lowest BCUT2D eigenvalue weighted by Gasteiger charge is -2.22. The molecule has 24 heavy (non-hydrogen) atoms. The largest absolute Gasteiger partial charge is 0.401 e. The molecule has 0 atom stereocenters. The minimum Gasteiger partial charge on any atom is -0.401 e. The molecule has 0 unspecified atom stereocenters. The normalized spacial score (nSPS) is 15.7. The molecule has 0 saturated heterocycles. The Morgan fingerprint density at radius 3 is 2.67 bits per heavy atom. The van der Waals surface area contributed by atoms with E-state index in [1.54, 1.807) is 18.3 Å². The Morgan fingerprint density at radius 1 is 1.25 bits per heavy atom. The lowest BCUT2D eigenvalue weighted by molar-refractivity contribution is 0.394. The molecule has 0 spiro atoms. The van der Waals surface area contributed by atoms with Crippen LogP contribution < -0.4 is 16.6 Å². The number of hydrogen-bond donors (Lipinski definition) is 2. The van der Waals surface area contributed by atoms with E-state index in [4.69, 9.17) is 16.1 Å². The number of benzene rings is 1. The predicted molar refractivity (Wildman–Crippen MR) is 88.9 cm³/mol. The lowest BCUT2D eigenvalue weighted by Crippen LogP contribution is -2.32. The maximum absolute atomic E-state index is 6.33. The first-order chi connectivity index (χ1) is 11.6. The molecule has 0 saturated carbocycles. The molecule has 0 fully saturated rings. The van der Waals surface area contributed by atoms with Crippen LogP contribution in [-0.4, -0.2) is 19.7 Å². The van der Waals surface area contributed by atoms with Crippen LogP contribution in [0.3, 0.4) is 0 Å². The lowest BCUT2D eigenvalue weighted by atomic mass is 10.1. The molecule has 0 amide bonds. The number of fused-ring (bicyclic) bond motifs is 3. The van der Waals surface area contributed by atoms with Crippen molar-refractivity contribution in [2.75, 3.05) is 5.01 Å². The summed E-state index contributed by atoms with van der Waals surface area (Å²) in [7, 11) is 0. The van der Waals surface area contributed by atoms with Gasteiger partial charge in [0, 0.05) is 19.0 Å². The number of aryl methyl sites for hydroxylation is 1. The average Bonchev–Trinajstić information content (AvgIpc) is 3.14. The highest BCUT2D eigenvalue weighted by Crippen LogP contribution is 2.35. The quantitative estimate of drug-likeness (QED) is 0.655. The van der Waals surface area contributed by atoms with E-state index in [2.05, 4.69) is 15.1 Å². The van der Waals surface area contributed by atoms with Gasteiger partial charge in [-0.3, -0.25) is 9.58 Å². The number of nitrogens with zero attached hydrogens (tertiary/aromatic N) is 5. The summed E-state index contributed by atoms with van der Waals surface area (Å²) in [5, 5.41) is 5.62. The second kappa shape index (κ2) is 5.20. The summed E-state index contributed by atoms with van der Waals surface area (Å²) >= 11 is 0. The van der Waals surface area contributed by atoms with E-state index in [9.17, 15) is 0 Å². The highest BCUT2D eigenvalue weighted by atomic mass is 16.5. The van der Waals surface area contributed by atoms with Crippen LogP contribution in [0.2, 0.25) is 0 Å². The van der Waals surface area contributed by atoms with E-state index in [-0.39, 0.29) is 0 Å². The number of para-hydroxylation sites is 2. The zero-order chi connectivity index (χ0) is 16.8. The van der Waals surface area contributed by atoms with Crippen LogP contribution in [0.15, 0.2) is 46.5 Å². The van der Waals surface area contributed by atoms with Crippen molar-refractivity contribution in [2.45, 2.75) is 20.3 Å². The molecule has 2 aromatic heterocycles. The van der Waals surface area contributed by atoms with E-state index in [0.29, 0.717) is 29.5 Å². The molecule has 4 rings (SSSR count). The van der Waals surface area contributed by atoms with Crippen molar-refractivity contribution < 1.29 is 4.52 Å². The van der Waals surface area contributed by atoms with Crippen LogP contribution in [0.1, 0.15) is 18.5 Å². The molecule has 8 nitrogen and oxygen atoms in total. The number of anilines is 1. The number of hydrogen-bond acceptors (Lipinski definition) is 7. The van der Waals surface area contributed by atoms with Gasteiger partial charge in [0.05, 0.1) is 22.8 Å². The molecule has 1 aliphatic rings. The van der Waals surface area contributed by atoms with Gasteiger partial charge in [0.15, 0.2) is 0 Å². The monoisotopic (exact) mass is 323 g/mol. The third-order valence-corrected chi connectivity index (χ3v) is 4.09. The summed E-state index contributed by atoms with van der Waals surface area (Å²) in [4.78, 5) is 8.79. The first kappa shape index (κ1) is 14.5. The Bertz CT molecular complexity index is 949. The second-order valence-corrected chi connectivity index (χ2v) is 5.71. The number of rotatable bonds is 1. The Balaban J connectivity index is 1.99. The molecule has 0 aliphatic carbocycles. The molecule has 0 bridgehead atoms. The van der Waals surface area contributed by atoms with Crippen LogP contribution >= 0.6 is 0 Å². The van der Waals surface area contributed by atoms with Crippen LogP contribution in [0.4, 0.5) is 5.69 Å². The Kier molecular flexibility index (Phi) is 3.14. The Hall–Kier alpha value is -3.13. The van der Waals surface area contributed by atoms with Gasteiger partial charge >= 0.3 is 0 Å². The van der Waals surface area contributed by atoms with E-state index in [0.717, 1.165) is 22.8 Å². The van der Waals surface area contributed by atoms with Gasteiger partial charge in [0.1, 0.15) is 12.0 Å². The van der Waals surface area contributed by atoms with Gasteiger partial charge in [-0.25, -0.2) is 10.8 Å². The van der Waals surface area contributed by atoms with Crippen LogP contribution in [0.5, 0.6) is 0 Å². The molecule has 8 heteroatoms. The summed E-state index contributed by atoms with van der Waals surface area (Å²) in [5.41, 5.74) is 10.9. The predicted octanol–water partition coefficient (Wildman–Crippen LogP) is 1.66. The average molecular weight is 323 g/mol. The van der Waals surface area contributed by atoms with Crippen molar-refractivity contribution in [2.24, 2.45) is 11.6 Å². The van der Waals surface area contributed by atoms with Crippen molar-refractivity contribution in [1.82, 2.24) is 19.7 Å². The maximum Gasteiger partial charge on any atom is 0.223 e. The van der Waals surface area contributed by atoms with E-state index in [1.807, 2.05) is 35.8 Å². The second-order valence-electron chi connectivity index (χ2n) is 5.71. The summed E-state index contributed by atoms with van der Waals surface area (Å²) in [6.07, 6.45) is 2.26. The molecule has 4 N–H and O–H groups in total. The van der Waals surface area contributed by atoms with Crippen LogP contribution in [-0.2, 0) is 6.42 Å². The first-order valence-electron chi connectivity index (χ1n) is 7.52. The fourth-order valence-electron chi connectivity index (χ4n) is 2.92. The molecule has 0 radical (unpaired) electrons. The van der Waals surface area contributed by atoms with E-state index < -0.39 is 0 Å². The minimum atomic E-state index is 0.457. The zero-order valence-electron chi connectivity index (χ0n) is 13.4. The Labute approximate surface area is 138 Å². The summed E-state index contributed by atoms with van der Waals surface area (Å²) in [5.74, 6) is 7.28. The smallest absolute Gasteiger partial charge is 0.223 e. The maximum atomic E-state index is 6.33. The van der Waals surface area contributed by atoms with Crippen LogP contribution in [0.25, 0.3) is 17.2 Å². The molecular weight excluding hydrogens is 306 g/mol. The topological polar surface area (TPSA) is 112 Å². The number of imidazole rings is 1. The number of allylic oxidation sites excluding steroid dienone is 2. The third kappa shape index (κ3) is 2.08. The fourth-order valence-corrected chi connectivity index (χ4v) is 2.92. The highest BCUT2D eigenvalue weighted by molar-refractivity contribution is 5.70. The molecular formula is C16H17N7O. The third-order valence-electron chi connectivity index (χ3n) is 4.09. The van der Waals surface area contributed by atoms with E-state index >= 15 is 0 Å². The van der Waals surface area contributed by atoms with Gasteiger partial charge in [-0.05, 0) is 19.1 Å². The number of nitrogens with two attached hydrogens (primary N) is 2. The molecule has 1 aromatic carbocycles. The van der Waals surface area contributed by atoms with Crippen molar-refractivity contribution in [3.8, 4) is 17.2 Å². The van der Waals surface area contributed by atoms with Gasteiger partial charge in [-0.15, -0.1) is 0 Å². The standard InChI is InChI=1S/C16H17N7O/c1-9(17)13-7-14-15(16-20-10(2)24-21-16)19-8-22(14)11-5-3-4-6-12(11)23(13)18/h3-6,8H,7,17-18H2,1-2H3/b13-9-.